The highest BCUT2D eigenvalue weighted by Crippen LogP contribution is 2.14. The van der Waals surface area contributed by atoms with Gasteiger partial charge < -0.3 is 14.6 Å². The number of rotatable bonds is 7. The van der Waals surface area contributed by atoms with Crippen molar-refractivity contribution in [2.24, 2.45) is 5.92 Å². The van der Waals surface area contributed by atoms with Crippen LogP contribution in [-0.4, -0.2) is 11.7 Å². The minimum absolute atomic E-state index is 0.409. The van der Waals surface area contributed by atoms with Gasteiger partial charge in [-0.25, -0.2) is 0 Å². The number of hydrogen-bond acceptors (Lipinski definition) is 4. The minimum Gasteiger partial charge on any atom is -0.486 e. The second kappa shape index (κ2) is 7.10. The zero-order valence-electron chi connectivity index (χ0n) is 12.3. The van der Waals surface area contributed by atoms with Crippen LogP contribution in [0, 0.1) is 12.8 Å². The molecule has 0 fully saturated rings. The van der Waals surface area contributed by atoms with Crippen molar-refractivity contribution in [1.82, 2.24) is 10.5 Å². The Morgan fingerprint density at radius 3 is 2.60 bits per heavy atom. The summed E-state index contributed by atoms with van der Waals surface area (Å²) >= 11 is 0. The average molecular weight is 274 g/mol. The molecule has 0 spiro atoms. The maximum atomic E-state index is 5.65. The summed E-state index contributed by atoms with van der Waals surface area (Å²) in [5.41, 5.74) is 2.13. The first-order valence-electron chi connectivity index (χ1n) is 6.98. The second-order valence-corrected chi connectivity index (χ2v) is 5.39. The normalized spacial score (nSPS) is 11.0. The van der Waals surface area contributed by atoms with E-state index in [1.807, 2.05) is 25.1 Å². The first-order valence-corrected chi connectivity index (χ1v) is 6.98. The predicted molar refractivity (Wildman–Crippen MR) is 78.6 cm³/mol. The van der Waals surface area contributed by atoms with E-state index in [9.17, 15) is 0 Å². The minimum atomic E-state index is 0.409. The summed E-state index contributed by atoms with van der Waals surface area (Å²) in [5.74, 6) is 2.25. The van der Waals surface area contributed by atoms with Crippen LogP contribution >= 0.6 is 0 Å². The van der Waals surface area contributed by atoms with Gasteiger partial charge in [-0.3, -0.25) is 0 Å². The van der Waals surface area contributed by atoms with Crippen LogP contribution in [-0.2, 0) is 13.2 Å². The maximum Gasteiger partial charge on any atom is 0.174 e. The van der Waals surface area contributed by atoms with Crippen molar-refractivity contribution < 1.29 is 9.26 Å². The van der Waals surface area contributed by atoms with E-state index < -0.39 is 0 Å². The van der Waals surface area contributed by atoms with E-state index in [1.54, 1.807) is 0 Å². The van der Waals surface area contributed by atoms with E-state index in [0.29, 0.717) is 12.5 Å². The smallest absolute Gasteiger partial charge is 0.174 e. The SMILES string of the molecule is Cc1cc(COc2ccc(CNCC(C)C)cc2)on1. The highest BCUT2D eigenvalue weighted by molar-refractivity contribution is 5.27. The summed E-state index contributed by atoms with van der Waals surface area (Å²) < 4.78 is 10.7. The van der Waals surface area contributed by atoms with Crippen LogP contribution in [0.3, 0.4) is 0 Å². The predicted octanol–water partition coefficient (Wildman–Crippen LogP) is 3.31. The third-order valence-electron chi connectivity index (χ3n) is 2.86. The lowest BCUT2D eigenvalue weighted by Crippen LogP contribution is -2.18. The number of benzene rings is 1. The van der Waals surface area contributed by atoms with Gasteiger partial charge in [-0.1, -0.05) is 31.1 Å². The molecular formula is C16H22N2O2. The van der Waals surface area contributed by atoms with Gasteiger partial charge in [0.15, 0.2) is 5.76 Å². The summed E-state index contributed by atoms with van der Waals surface area (Å²) in [4.78, 5) is 0. The molecule has 0 atom stereocenters. The van der Waals surface area contributed by atoms with Gasteiger partial charge in [0.25, 0.3) is 0 Å². The molecule has 0 amide bonds. The molecule has 0 aliphatic rings. The van der Waals surface area contributed by atoms with Crippen LogP contribution in [0.4, 0.5) is 0 Å². The Labute approximate surface area is 120 Å². The molecule has 0 aliphatic carbocycles. The molecule has 2 aromatic rings. The van der Waals surface area contributed by atoms with Crippen LogP contribution in [0.25, 0.3) is 0 Å². The highest BCUT2D eigenvalue weighted by Gasteiger charge is 2.02. The monoisotopic (exact) mass is 274 g/mol. The van der Waals surface area contributed by atoms with E-state index >= 15 is 0 Å². The van der Waals surface area contributed by atoms with E-state index in [0.717, 1.165) is 30.3 Å². The third-order valence-corrected chi connectivity index (χ3v) is 2.86. The van der Waals surface area contributed by atoms with Gasteiger partial charge in [0.1, 0.15) is 12.4 Å². The first-order chi connectivity index (χ1) is 9.63. The van der Waals surface area contributed by atoms with Crippen molar-refractivity contribution in [3.63, 3.8) is 0 Å². The van der Waals surface area contributed by atoms with Gasteiger partial charge >= 0.3 is 0 Å². The van der Waals surface area contributed by atoms with Crippen molar-refractivity contribution in [3.05, 3.63) is 47.3 Å². The molecule has 4 heteroatoms. The first kappa shape index (κ1) is 14.6. The molecule has 0 unspecified atom stereocenters. The number of nitrogens with zero attached hydrogens (tertiary/aromatic N) is 1. The molecule has 0 bridgehead atoms. The zero-order chi connectivity index (χ0) is 14.4. The molecule has 0 saturated heterocycles. The topological polar surface area (TPSA) is 47.3 Å². The Morgan fingerprint density at radius 2 is 2.00 bits per heavy atom. The van der Waals surface area contributed by atoms with Gasteiger partial charge in [-0.15, -0.1) is 0 Å². The number of aromatic nitrogens is 1. The molecule has 1 heterocycles. The molecule has 0 aliphatic heterocycles. The summed E-state index contributed by atoms with van der Waals surface area (Å²) in [5, 5.41) is 7.24. The quantitative estimate of drug-likeness (QED) is 0.841. The van der Waals surface area contributed by atoms with Crippen LogP contribution in [0.15, 0.2) is 34.9 Å². The van der Waals surface area contributed by atoms with Crippen LogP contribution in [0.5, 0.6) is 5.75 Å². The third kappa shape index (κ3) is 4.70. The van der Waals surface area contributed by atoms with E-state index in [1.165, 1.54) is 5.56 Å². The van der Waals surface area contributed by atoms with Crippen molar-refractivity contribution in [2.75, 3.05) is 6.54 Å². The maximum absolute atomic E-state index is 5.65. The van der Waals surface area contributed by atoms with E-state index in [2.05, 4.69) is 36.5 Å². The van der Waals surface area contributed by atoms with E-state index in [-0.39, 0.29) is 0 Å². The number of nitrogens with one attached hydrogen (secondary N) is 1. The molecule has 0 radical (unpaired) electrons. The molecule has 4 nitrogen and oxygen atoms in total. The van der Waals surface area contributed by atoms with Gasteiger partial charge in [0.05, 0.1) is 5.69 Å². The Balaban J connectivity index is 1.79. The van der Waals surface area contributed by atoms with Crippen LogP contribution < -0.4 is 10.1 Å². The Morgan fingerprint density at radius 1 is 1.25 bits per heavy atom. The number of ether oxygens (including phenoxy) is 1. The summed E-state index contributed by atoms with van der Waals surface area (Å²) in [6.45, 7) is 8.63. The fourth-order valence-corrected chi connectivity index (χ4v) is 1.85. The lowest BCUT2D eigenvalue weighted by Gasteiger charge is -2.08. The zero-order valence-corrected chi connectivity index (χ0v) is 12.3. The van der Waals surface area contributed by atoms with E-state index in [4.69, 9.17) is 9.26 Å². The summed E-state index contributed by atoms with van der Waals surface area (Å²) in [6, 6.07) is 10.00. The summed E-state index contributed by atoms with van der Waals surface area (Å²) in [7, 11) is 0. The number of aryl methyl sites for hydroxylation is 1. The molecule has 20 heavy (non-hydrogen) atoms. The van der Waals surface area contributed by atoms with Gasteiger partial charge in [-0.2, -0.15) is 0 Å². The standard InChI is InChI=1S/C16H22N2O2/c1-12(2)9-17-10-14-4-6-15(7-5-14)19-11-16-8-13(3)18-20-16/h4-8,12,17H,9-11H2,1-3H3. The Kier molecular flexibility index (Phi) is 5.18. The lowest BCUT2D eigenvalue weighted by molar-refractivity contribution is 0.248. The van der Waals surface area contributed by atoms with Crippen LogP contribution in [0.2, 0.25) is 0 Å². The Bertz CT molecular complexity index is 518. The van der Waals surface area contributed by atoms with Crippen molar-refractivity contribution in [2.45, 2.75) is 33.9 Å². The lowest BCUT2D eigenvalue weighted by atomic mass is 10.2. The van der Waals surface area contributed by atoms with Crippen molar-refractivity contribution >= 4 is 0 Å². The second-order valence-electron chi connectivity index (χ2n) is 5.39. The Hall–Kier alpha value is -1.81. The molecule has 108 valence electrons. The van der Waals surface area contributed by atoms with Gasteiger partial charge in [0, 0.05) is 12.6 Å². The molecule has 1 N–H and O–H groups in total. The number of hydrogen-bond donors (Lipinski definition) is 1. The fraction of sp³-hybridized carbons (Fsp3) is 0.438. The highest BCUT2D eigenvalue weighted by atomic mass is 16.5. The molecule has 1 aromatic heterocycles. The van der Waals surface area contributed by atoms with Gasteiger partial charge in [0.2, 0.25) is 0 Å². The average Bonchev–Trinajstić information content (AvgIpc) is 2.83. The largest absolute Gasteiger partial charge is 0.486 e. The molecule has 1 aromatic carbocycles. The molecule has 0 saturated carbocycles. The van der Waals surface area contributed by atoms with Gasteiger partial charge in [-0.05, 0) is 37.1 Å². The van der Waals surface area contributed by atoms with Crippen molar-refractivity contribution in [3.8, 4) is 5.75 Å². The van der Waals surface area contributed by atoms with Crippen molar-refractivity contribution in [1.29, 1.82) is 0 Å². The molecular weight excluding hydrogens is 252 g/mol. The van der Waals surface area contributed by atoms with Crippen LogP contribution in [0.1, 0.15) is 30.9 Å². The molecule has 2 rings (SSSR count). The summed E-state index contributed by atoms with van der Waals surface area (Å²) in [6.07, 6.45) is 0. The fourth-order valence-electron chi connectivity index (χ4n) is 1.85.